The van der Waals surface area contributed by atoms with E-state index in [9.17, 15) is 19.9 Å². The van der Waals surface area contributed by atoms with Crippen molar-refractivity contribution in [1.82, 2.24) is 0 Å². The van der Waals surface area contributed by atoms with Gasteiger partial charge in [-0.05, 0) is 18.2 Å². The quantitative estimate of drug-likeness (QED) is 0.622. The monoisotopic (exact) mass is 197 g/mol. The molecule has 0 amide bonds. The molecule has 6 nitrogen and oxygen atoms in total. The lowest BCUT2D eigenvalue weighted by atomic mass is 10.1. The minimum absolute atomic E-state index is 0.0838. The van der Waals surface area contributed by atoms with Gasteiger partial charge >= 0.3 is 5.97 Å². The standard InChI is InChI=1S/C8H7NO5/c1-3-6(10)4(8(12)13)2-5(9-14)7(3)11/h2,10-11H,1H3,(H,12,13). The fraction of sp³-hybridized carbons (Fsp3) is 0.125. The highest BCUT2D eigenvalue weighted by Gasteiger charge is 2.18. The number of aromatic carboxylic acids is 1. The van der Waals surface area contributed by atoms with Gasteiger partial charge in [0, 0.05) is 5.56 Å². The van der Waals surface area contributed by atoms with E-state index >= 15 is 0 Å². The van der Waals surface area contributed by atoms with Crippen molar-refractivity contribution in [1.29, 1.82) is 0 Å². The first kappa shape index (κ1) is 9.97. The van der Waals surface area contributed by atoms with Gasteiger partial charge in [-0.2, -0.15) is 0 Å². The first-order chi connectivity index (χ1) is 6.49. The molecule has 0 heterocycles. The van der Waals surface area contributed by atoms with Crippen molar-refractivity contribution in [3.8, 4) is 11.5 Å². The van der Waals surface area contributed by atoms with E-state index in [1.165, 1.54) is 6.92 Å². The van der Waals surface area contributed by atoms with Gasteiger partial charge in [0.1, 0.15) is 11.3 Å². The van der Waals surface area contributed by atoms with Crippen LogP contribution in [0, 0.1) is 11.8 Å². The number of phenols is 2. The first-order valence-electron chi connectivity index (χ1n) is 3.61. The topological polar surface area (TPSA) is 107 Å². The molecular weight excluding hydrogens is 190 g/mol. The molecule has 1 aromatic rings. The van der Waals surface area contributed by atoms with Crippen molar-refractivity contribution >= 4 is 11.7 Å². The summed E-state index contributed by atoms with van der Waals surface area (Å²) in [6.07, 6.45) is 0. The molecule has 0 aliphatic rings. The van der Waals surface area contributed by atoms with E-state index in [0.717, 1.165) is 6.07 Å². The number of benzene rings is 1. The third kappa shape index (κ3) is 1.37. The van der Waals surface area contributed by atoms with Crippen LogP contribution in [0.2, 0.25) is 0 Å². The molecule has 0 atom stereocenters. The summed E-state index contributed by atoms with van der Waals surface area (Å²) in [5, 5.41) is 29.6. The van der Waals surface area contributed by atoms with Gasteiger partial charge in [0.2, 0.25) is 0 Å². The van der Waals surface area contributed by atoms with Gasteiger partial charge in [-0.1, -0.05) is 0 Å². The lowest BCUT2D eigenvalue weighted by molar-refractivity contribution is 0.0693. The van der Waals surface area contributed by atoms with Crippen LogP contribution < -0.4 is 0 Å². The Bertz CT molecular complexity index is 413. The van der Waals surface area contributed by atoms with E-state index in [1.54, 1.807) is 0 Å². The van der Waals surface area contributed by atoms with Gasteiger partial charge in [0.15, 0.2) is 11.4 Å². The van der Waals surface area contributed by atoms with Gasteiger partial charge < -0.3 is 15.3 Å². The molecule has 0 bridgehead atoms. The second kappa shape index (κ2) is 3.33. The number of carboxylic acids is 1. The molecule has 1 aromatic carbocycles. The summed E-state index contributed by atoms with van der Waals surface area (Å²) in [6, 6.07) is 0.812. The molecule has 14 heavy (non-hydrogen) atoms. The molecule has 1 rings (SSSR count). The molecule has 0 aliphatic carbocycles. The van der Waals surface area contributed by atoms with E-state index in [0.29, 0.717) is 0 Å². The Morgan fingerprint density at radius 3 is 2.36 bits per heavy atom. The van der Waals surface area contributed by atoms with Crippen molar-refractivity contribution in [3.05, 3.63) is 22.1 Å². The Balaban J connectivity index is 3.56. The van der Waals surface area contributed by atoms with Crippen LogP contribution in [0.4, 0.5) is 5.69 Å². The molecule has 6 heteroatoms. The Morgan fingerprint density at radius 1 is 1.36 bits per heavy atom. The maximum absolute atomic E-state index is 10.6. The summed E-state index contributed by atoms with van der Waals surface area (Å²) >= 11 is 0. The molecule has 74 valence electrons. The van der Waals surface area contributed by atoms with Crippen LogP contribution in [-0.2, 0) is 0 Å². The minimum atomic E-state index is -1.39. The Morgan fingerprint density at radius 2 is 1.93 bits per heavy atom. The number of hydrogen-bond acceptors (Lipinski definition) is 5. The van der Waals surface area contributed by atoms with Crippen molar-refractivity contribution in [2.24, 2.45) is 5.18 Å². The molecule has 0 radical (unpaired) electrons. The third-order valence-corrected chi connectivity index (χ3v) is 1.82. The number of aromatic hydroxyl groups is 2. The zero-order valence-electron chi connectivity index (χ0n) is 7.18. The number of rotatable bonds is 2. The van der Waals surface area contributed by atoms with E-state index in [4.69, 9.17) is 5.11 Å². The van der Waals surface area contributed by atoms with Crippen LogP contribution in [0.15, 0.2) is 11.2 Å². The molecule has 0 unspecified atom stereocenters. The zero-order valence-corrected chi connectivity index (χ0v) is 7.18. The van der Waals surface area contributed by atoms with Gasteiger partial charge in [-0.25, -0.2) is 4.79 Å². The smallest absolute Gasteiger partial charge is 0.339 e. The molecule has 0 saturated heterocycles. The highest BCUT2D eigenvalue weighted by molar-refractivity contribution is 5.93. The van der Waals surface area contributed by atoms with E-state index in [1.807, 2.05) is 0 Å². The highest BCUT2D eigenvalue weighted by Crippen LogP contribution is 2.38. The number of carboxylic acid groups (broad SMARTS) is 1. The van der Waals surface area contributed by atoms with E-state index in [2.05, 4.69) is 5.18 Å². The van der Waals surface area contributed by atoms with Crippen LogP contribution >= 0.6 is 0 Å². The van der Waals surface area contributed by atoms with Crippen molar-refractivity contribution in [2.45, 2.75) is 6.92 Å². The first-order valence-corrected chi connectivity index (χ1v) is 3.61. The maximum atomic E-state index is 10.6. The summed E-state index contributed by atoms with van der Waals surface area (Å²) in [7, 11) is 0. The molecule has 0 aromatic heterocycles. The Labute approximate surface area is 78.4 Å². The van der Waals surface area contributed by atoms with Crippen LogP contribution in [0.3, 0.4) is 0 Å². The van der Waals surface area contributed by atoms with Gasteiger partial charge in [0.25, 0.3) is 0 Å². The Hall–Kier alpha value is -2.11. The summed E-state index contributed by atoms with van der Waals surface area (Å²) in [5.41, 5.74) is -0.952. The van der Waals surface area contributed by atoms with Crippen molar-refractivity contribution in [3.63, 3.8) is 0 Å². The molecular formula is C8H7NO5. The van der Waals surface area contributed by atoms with Crippen molar-refractivity contribution < 1.29 is 20.1 Å². The van der Waals surface area contributed by atoms with Gasteiger partial charge in [0.05, 0.1) is 0 Å². The summed E-state index contributed by atoms with van der Waals surface area (Å²) in [5.74, 6) is -2.47. The molecule has 0 saturated carbocycles. The van der Waals surface area contributed by atoms with E-state index in [-0.39, 0.29) is 5.56 Å². The molecule has 0 spiro atoms. The summed E-state index contributed by atoms with van der Waals surface area (Å²) < 4.78 is 0. The average Bonchev–Trinajstić information content (AvgIpc) is 2.14. The largest absolute Gasteiger partial charge is 0.507 e. The van der Waals surface area contributed by atoms with E-state index < -0.39 is 28.7 Å². The average molecular weight is 197 g/mol. The summed E-state index contributed by atoms with van der Waals surface area (Å²) in [4.78, 5) is 20.7. The van der Waals surface area contributed by atoms with Gasteiger partial charge in [-0.15, -0.1) is 4.91 Å². The normalized spacial score (nSPS) is 9.79. The number of nitroso groups, excluding NO2 is 1. The number of hydrogen-bond donors (Lipinski definition) is 3. The lowest BCUT2D eigenvalue weighted by Gasteiger charge is -2.06. The lowest BCUT2D eigenvalue weighted by Crippen LogP contribution is -1.98. The predicted octanol–water partition coefficient (Wildman–Crippen LogP) is 1.50. The molecule has 0 fully saturated rings. The van der Waals surface area contributed by atoms with Crippen molar-refractivity contribution in [2.75, 3.05) is 0 Å². The predicted molar refractivity (Wildman–Crippen MR) is 46.9 cm³/mol. The maximum Gasteiger partial charge on any atom is 0.339 e. The second-order valence-corrected chi connectivity index (χ2v) is 2.66. The number of phenolic OH excluding ortho intramolecular Hbond substituents is 1. The second-order valence-electron chi connectivity index (χ2n) is 2.66. The van der Waals surface area contributed by atoms with Gasteiger partial charge in [-0.3, -0.25) is 0 Å². The number of nitrogens with zero attached hydrogens (tertiary/aromatic N) is 1. The molecule has 0 aliphatic heterocycles. The van der Waals surface area contributed by atoms with Crippen LogP contribution in [-0.4, -0.2) is 21.3 Å². The van der Waals surface area contributed by atoms with Crippen LogP contribution in [0.25, 0.3) is 0 Å². The van der Waals surface area contributed by atoms with Crippen LogP contribution in [0.5, 0.6) is 11.5 Å². The zero-order chi connectivity index (χ0) is 10.9. The van der Waals surface area contributed by atoms with Crippen LogP contribution in [0.1, 0.15) is 15.9 Å². The Kier molecular flexibility index (Phi) is 2.37. The highest BCUT2D eigenvalue weighted by atomic mass is 16.4. The fourth-order valence-corrected chi connectivity index (χ4v) is 1.01. The molecule has 3 N–H and O–H groups in total. The fourth-order valence-electron chi connectivity index (χ4n) is 1.01. The summed E-state index contributed by atoms with van der Waals surface area (Å²) in [6.45, 7) is 1.28. The SMILES string of the molecule is Cc1c(O)c(N=O)cc(C(=O)O)c1O. The number of carbonyl (C=O) groups is 1. The third-order valence-electron chi connectivity index (χ3n) is 1.82. The minimum Gasteiger partial charge on any atom is -0.507 e.